The Labute approximate surface area is 120 Å². The molecule has 98 valence electrons. The third-order valence-corrected chi connectivity index (χ3v) is 4.72. The Morgan fingerprint density at radius 3 is 3.05 bits per heavy atom. The van der Waals surface area contributed by atoms with Gasteiger partial charge in [0.1, 0.15) is 0 Å². The topological polar surface area (TPSA) is 40.7 Å². The van der Waals surface area contributed by atoms with Crippen molar-refractivity contribution >= 4 is 22.7 Å². The molecule has 0 spiro atoms. The van der Waals surface area contributed by atoms with Crippen molar-refractivity contribution in [2.24, 2.45) is 0 Å². The van der Waals surface area contributed by atoms with Crippen LogP contribution in [-0.4, -0.2) is 10.2 Å². The Morgan fingerprint density at radius 2 is 2.32 bits per heavy atom. The zero-order valence-corrected chi connectivity index (χ0v) is 12.2. The zero-order valence-electron chi connectivity index (χ0n) is 10.6. The number of nitrogens with zero attached hydrogens (tertiary/aromatic N) is 1. The predicted octanol–water partition coefficient (Wildman–Crippen LogP) is 4.05. The molecule has 0 fully saturated rings. The molecule has 3 aromatic heterocycles. The second kappa shape index (κ2) is 5.69. The molecule has 0 aliphatic heterocycles. The van der Waals surface area contributed by atoms with E-state index in [1.165, 1.54) is 16.0 Å². The molecule has 3 heterocycles. The lowest BCUT2D eigenvalue weighted by Crippen LogP contribution is -2.17. The van der Waals surface area contributed by atoms with Gasteiger partial charge >= 0.3 is 0 Å². The summed E-state index contributed by atoms with van der Waals surface area (Å²) in [5.74, 6) is 0. The second-order valence-corrected chi connectivity index (χ2v) is 6.13. The molecule has 0 saturated carbocycles. The smallest absolute Gasteiger partial charge is 0.0794 e. The molecule has 0 amide bonds. The van der Waals surface area contributed by atoms with Gasteiger partial charge in [-0.2, -0.15) is 16.4 Å². The van der Waals surface area contributed by atoms with Gasteiger partial charge < -0.3 is 5.32 Å². The first-order valence-corrected chi connectivity index (χ1v) is 7.98. The SMILES string of the molecule is CC(NCc1cn[nH]c1-c1cccs1)c1ccsc1. The highest BCUT2D eigenvalue weighted by molar-refractivity contribution is 7.13. The van der Waals surface area contributed by atoms with Gasteiger partial charge in [-0.05, 0) is 40.8 Å². The van der Waals surface area contributed by atoms with Crippen LogP contribution in [0.4, 0.5) is 0 Å². The summed E-state index contributed by atoms with van der Waals surface area (Å²) >= 11 is 3.47. The molecule has 0 bridgehead atoms. The van der Waals surface area contributed by atoms with Crippen LogP contribution >= 0.6 is 22.7 Å². The van der Waals surface area contributed by atoms with Crippen LogP contribution in [-0.2, 0) is 6.54 Å². The number of H-pyrrole nitrogens is 1. The second-order valence-electron chi connectivity index (χ2n) is 4.41. The average Bonchev–Trinajstić information content (AvgIpc) is 3.14. The molecule has 1 atom stereocenters. The van der Waals surface area contributed by atoms with Crippen molar-refractivity contribution < 1.29 is 0 Å². The Morgan fingerprint density at radius 1 is 1.37 bits per heavy atom. The number of hydrogen-bond acceptors (Lipinski definition) is 4. The molecule has 0 radical (unpaired) electrons. The van der Waals surface area contributed by atoms with Gasteiger partial charge in [0, 0.05) is 18.2 Å². The molecule has 19 heavy (non-hydrogen) atoms. The van der Waals surface area contributed by atoms with Crippen LogP contribution in [0.25, 0.3) is 10.6 Å². The molecule has 0 saturated heterocycles. The Kier molecular flexibility index (Phi) is 3.77. The highest BCUT2D eigenvalue weighted by Gasteiger charge is 2.10. The fraction of sp³-hybridized carbons (Fsp3) is 0.214. The van der Waals surface area contributed by atoms with E-state index in [1.807, 2.05) is 6.20 Å². The molecule has 0 aromatic carbocycles. The van der Waals surface area contributed by atoms with Gasteiger partial charge in [-0.15, -0.1) is 11.3 Å². The first kappa shape index (κ1) is 12.6. The van der Waals surface area contributed by atoms with Crippen molar-refractivity contribution in [3.8, 4) is 10.6 Å². The molecule has 1 unspecified atom stereocenters. The molecule has 3 rings (SSSR count). The van der Waals surface area contributed by atoms with E-state index in [2.05, 4.69) is 56.8 Å². The average molecular weight is 289 g/mol. The monoisotopic (exact) mass is 289 g/mol. The fourth-order valence-electron chi connectivity index (χ4n) is 1.98. The van der Waals surface area contributed by atoms with Crippen molar-refractivity contribution in [3.05, 3.63) is 51.7 Å². The summed E-state index contributed by atoms with van der Waals surface area (Å²) in [5.41, 5.74) is 3.68. The summed E-state index contributed by atoms with van der Waals surface area (Å²) in [4.78, 5) is 1.23. The van der Waals surface area contributed by atoms with Crippen LogP contribution < -0.4 is 5.32 Å². The first-order valence-electron chi connectivity index (χ1n) is 6.16. The predicted molar refractivity (Wildman–Crippen MR) is 81.5 cm³/mol. The third kappa shape index (κ3) is 2.78. The number of aromatic nitrogens is 2. The molecule has 5 heteroatoms. The number of thiophene rings is 2. The minimum Gasteiger partial charge on any atom is -0.306 e. The lowest BCUT2D eigenvalue weighted by molar-refractivity contribution is 0.577. The normalized spacial score (nSPS) is 12.7. The number of rotatable bonds is 5. The van der Waals surface area contributed by atoms with Crippen molar-refractivity contribution in [3.63, 3.8) is 0 Å². The highest BCUT2D eigenvalue weighted by Crippen LogP contribution is 2.26. The van der Waals surface area contributed by atoms with Gasteiger partial charge in [0.2, 0.25) is 0 Å². The highest BCUT2D eigenvalue weighted by atomic mass is 32.1. The number of aromatic amines is 1. The molecule has 2 N–H and O–H groups in total. The number of nitrogens with one attached hydrogen (secondary N) is 2. The molecular weight excluding hydrogens is 274 g/mol. The summed E-state index contributed by atoms with van der Waals surface area (Å²) in [6.45, 7) is 3.01. The van der Waals surface area contributed by atoms with Crippen LogP contribution in [0, 0.1) is 0 Å². The van der Waals surface area contributed by atoms with Crippen LogP contribution in [0.5, 0.6) is 0 Å². The minimum atomic E-state index is 0.359. The summed E-state index contributed by atoms with van der Waals surface area (Å²) in [6.07, 6.45) is 1.91. The standard InChI is InChI=1S/C14H15N3S2/c1-10(11-4-6-18-9-11)15-7-12-8-16-17-14(12)13-3-2-5-19-13/h2-6,8-10,15H,7H2,1H3,(H,16,17). The van der Waals surface area contributed by atoms with Crippen molar-refractivity contribution in [1.82, 2.24) is 15.5 Å². The third-order valence-electron chi connectivity index (χ3n) is 3.13. The molecule has 0 aliphatic carbocycles. The van der Waals surface area contributed by atoms with Crippen molar-refractivity contribution in [1.29, 1.82) is 0 Å². The minimum absolute atomic E-state index is 0.359. The van der Waals surface area contributed by atoms with E-state index in [1.54, 1.807) is 22.7 Å². The fourth-order valence-corrected chi connectivity index (χ4v) is 3.49. The van der Waals surface area contributed by atoms with Gasteiger partial charge in [-0.3, -0.25) is 5.10 Å². The summed E-state index contributed by atoms with van der Waals surface area (Å²) < 4.78 is 0. The molecule has 0 aliphatic rings. The Hall–Kier alpha value is -1.43. The van der Waals surface area contributed by atoms with Crippen LogP contribution in [0.15, 0.2) is 40.5 Å². The largest absolute Gasteiger partial charge is 0.306 e. The van der Waals surface area contributed by atoms with Gasteiger partial charge in [-0.1, -0.05) is 6.07 Å². The van der Waals surface area contributed by atoms with Crippen LogP contribution in [0.1, 0.15) is 24.1 Å². The molecule has 3 nitrogen and oxygen atoms in total. The van der Waals surface area contributed by atoms with Gasteiger partial charge in [0.15, 0.2) is 0 Å². The van der Waals surface area contributed by atoms with Crippen molar-refractivity contribution in [2.75, 3.05) is 0 Å². The quantitative estimate of drug-likeness (QED) is 0.744. The van der Waals surface area contributed by atoms with Gasteiger partial charge in [0.05, 0.1) is 16.8 Å². The summed E-state index contributed by atoms with van der Waals surface area (Å²) in [7, 11) is 0. The van der Waals surface area contributed by atoms with E-state index < -0.39 is 0 Å². The van der Waals surface area contributed by atoms with Gasteiger partial charge in [0.25, 0.3) is 0 Å². The van der Waals surface area contributed by atoms with Gasteiger partial charge in [-0.25, -0.2) is 0 Å². The Balaban J connectivity index is 1.70. The Bertz CT molecular complexity index is 611. The number of hydrogen-bond donors (Lipinski definition) is 2. The van der Waals surface area contributed by atoms with Crippen LogP contribution in [0.2, 0.25) is 0 Å². The molecule has 3 aromatic rings. The van der Waals surface area contributed by atoms with E-state index in [-0.39, 0.29) is 0 Å². The van der Waals surface area contributed by atoms with E-state index in [0.717, 1.165) is 12.2 Å². The van der Waals surface area contributed by atoms with E-state index in [0.29, 0.717) is 6.04 Å². The maximum Gasteiger partial charge on any atom is 0.0794 e. The summed E-state index contributed by atoms with van der Waals surface area (Å²) in [5, 5.41) is 17.2. The maximum absolute atomic E-state index is 4.16. The van der Waals surface area contributed by atoms with E-state index >= 15 is 0 Å². The van der Waals surface area contributed by atoms with E-state index in [9.17, 15) is 0 Å². The van der Waals surface area contributed by atoms with Crippen molar-refractivity contribution in [2.45, 2.75) is 19.5 Å². The zero-order chi connectivity index (χ0) is 13.1. The first-order chi connectivity index (χ1) is 9.34. The lowest BCUT2D eigenvalue weighted by Gasteiger charge is -2.12. The molecular formula is C14H15N3S2. The summed E-state index contributed by atoms with van der Waals surface area (Å²) in [6, 6.07) is 6.70. The lowest BCUT2D eigenvalue weighted by atomic mass is 10.1. The van der Waals surface area contributed by atoms with Crippen LogP contribution in [0.3, 0.4) is 0 Å². The van der Waals surface area contributed by atoms with E-state index in [4.69, 9.17) is 0 Å². The maximum atomic E-state index is 4.16.